The number of rotatable bonds is 11. The third kappa shape index (κ3) is 8.09. The first kappa shape index (κ1) is 24.6. The zero-order valence-electron chi connectivity index (χ0n) is 19.1. The van der Waals surface area contributed by atoms with E-state index in [-0.39, 0.29) is 30.1 Å². The average Bonchev–Trinajstić information content (AvgIpc) is 3.66. The quantitative estimate of drug-likeness (QED) is 0.254. The van der Waals surface area contributed by atoms with Crippen LogP contribution in [0.5, 0.6) is 5.75 Å². The van der Waals surface area contributed by atoms with Gasteiger partial charge in [0, 0.05) is 44.2 Å². The van der Waals surface area contributed by atoms with E-state index in [0.717, 1.165) is 61.9 Å². The molecule has 2 N–H and O–H groups in total. The molecule has 1 saturated heterocycles. The Morgan fingerprint density at radius 3 is 2.71 bits per heavy atom. The van der Waals surface area contributed by atoms with Gasteiger partial charge in [-0.3, -0.25) is 4.90 Å². The van der Waals surface area contributed by atoms with Crippen molar-refractivity contribution in [2.24, 2.45) is 10.9 Å². The number of guanidine groups is 1. The molecule has 0 radical (unpaired) electrons. The Kier molecular flexibility index (Phi) is 9.72. The number of ether oxygens (including phenoxy) is 2. The Labute approximate surface area is 204 Å². The highest BCUT2D eigenvalue weighted by molar-refractivity contribution is 14.0. The number of nitrogens with zero attached hydrogens (tertiary/aromatic N) is 2. The van der Waals surface area contributed by atoms with Gasteiger partial charge in [-0.15, -0.1) is 24.0 Å². The Bertz CT molecular complexity index is 716. The predicted molar refractivity (Wildman–Crippen MR) is 137 cm³/mol. The normalized spacial score (nSPS) is 21.1. The van der Waals surface area contributed by atoms with Crippen molar-refractivity contribution in [2.75, 3.05) is 39.4 Å². The summed E-state index contributed by atoms with van der Waals surface area (Å²) in [6, 6.07) is 7.22. The third-order valence-electron chi connectivity index (χ3n) is 6.10. The van der Waals surface area contributed by atoms with Gasteiger partial charge in [-0.05, 0) is 57.1 Å². The third-order valence-corrected chi connectivity index (χ3v) is 6.10. The number of hydrogen-bond donors (Lipinski definition) is 2. The molecular formula is C24H39IN4O2. The lowest BCUT2D eigenvalue weighted by atomic mass is 10.1. The fraction of sp³-hybridized carbons (Fsp3) is 0.708. The molecule has 1 aliphatic heterocycles. The van der Waals surface area contributed by atoms with Crippen LogP contribution in [0, 0.1) is 12.8 Å². The first-order valence-corrected chi connectivity index (χ1v) is 11.8. The Morgan fingerprint density at radius 2 is 2.03 bits per heavy atom. The van der Waals surface area contributed by atoms with Gasteiger partial charge < -0.3 is 20.1 Å². The molecule has 2 saturated carbocycles. The van der Waals surface area contributed by atoms with Gasteiger partial charge in [0.2, 0.25) is 0 Å². The van der Waals surface area contributed by atoms with Crippen LogP contribution in [0.4, 0.5) is 0 Å². The van der Waals surface area contributed by atoms with E-state index < -0.39 is 0 Å². The molecule has 0 amide bonds. The molecule has 3 aliphatic rings. The monoisotopic (exact) mass is 542 g/mol. The van der Waals surface area contributed by atoms with Crippen molar-refractivity contribution in [1.82, 2.24) is 15.5 Å². The van der Waals surface area contributed by atoms with Gasteiger partial charge in [-0.2, -0.15) is 0 Å². The topological polar surface area (TPSA) is 58.1 Å². The number of benzene rings is 1. The zero-order chi connectivity index (χ0) is 20.8. The molecule has 2 aliphatic carbocycles. The van der Waals surface area contributed by atoms with Crippen LogP contribution in [0.1, 0.15) is 50.2 Å². The van der Waals surface area contributed by atoms with E-state index in [2.05, 4.69) is 47.6 Å². The molecule has 31 heavy (non-hydrogen) atoms. The van der Waals surface area contributed by atoms with Gasteiger partial charge >= 0.3 is 0 Å². The number of halogens is 1. The first-order valence-electron chi connectivity index (χ1n) is 11.8. The highest BCUT2D eigenvalue weighted by Gasteiger charge is 2.33. The van der Waals surface area contributed by atoms with Crippen LogP contribution in [-0.2, 0) is 11.3 Å². The van der Waals surface area contributed by atoms with Crippen molar-refractivity contribution in [1.29, 1.82) is 0 Å². The summed E-state index contributed by atoms with van der Waals surface area (Å²) in [6.45, 7) is 10.5. The smallest absolute Gasteiger partial charge is 0.191 e. The second-order valence-electron chi connectivity index (χ2n) is 9.01. The Balaban J connectivity index is 0.00000272. The van der Waals surface area contributed by atoms with E-state index >= 15 is 0 Å². The summed E-state index contributed by atoms with van der Waals surface area (Å²) >= 11 is 0. The largest absolute Gasteiger partial charge is 0.488 e. The highest BCUT2D eigenvalue weighted by atomic mass is 127. The molecule has 1 aromatic carbocycles. The van der Waals surface area contributed by atoms with Gasteiger partial charge in [0.15, 0.2) is 5.96 Å². The predicted octanol–water partition coefficient (Wildman–Crippen LogP) is 3.71. The summed E-state index contributed by atoms with van der Waals surface area (Å²) in [4.78, 5) is 7.53. The molecule has 4 rings (SSSR count). The molecule has 3 fully saturated rings. The number of hydrogen-bond acceptors (Lipinski definition) is 4. The van der Waals surface area contributed by atoms with Crippen LogP contribution < -0.4 is 15.4 Å². The van der Waals surface area contributed by atoms with Crippen LogP contribution >= 0.6 is 24.0 Å². The van der Waals surface area contributed by atoms with Crippen molar-refractivity contribution in [2.45, 2.75) is 64.6 Å². The van der Waals surface area contributed by atoms with Gasteiger partial charge in [0.05, 0.1) is 19.8 Å². The molecule has 174 valence electrons. The lowest BCUT2D eigenvalue weighted by Gasteiger charge is -2.22. The van der Waals surface area contributed by atoms with E-state index in [9.17, 15) is 0 Å². The lowest BCUT2D eigenvalue weighted by molar-refractivity contribution is 0.140. The summed E-state index contributed by atoms with van der Waals surface area (Å²) in [5.41, 5.74) is 2.33. The van der Waals surface area contributed by atoms with Crippen molar-refractivity contribution in [3.63, 3.8) is 0 Å². The molecule has 0 aromatic heterocycles. The minimum Gasteiger partial charge on any atom is -0.488 e. The van der Waals surface area contributed by atoms with Gasteiger partial charge in [0.25, 0.3) is 0 Å². The zero-order valence-corrected chi connectivity index (χ0v) is 21.4. The highest BCUT2D eigenvalue weighted by Crippen LogP contribution is 2.34. The van der Waals surface area contributed by atoms with Crippen LogP contribution in [-0.4, -0.2) is 62.4 Å². The maximum absolute atomic E-state index is 6.23. The molecule has 6 nitrogen and oxygen atoms in total. The molecule has 1 unspecified atom stereocenters. The molecule has 7 heteroatoms. The van der Waals surface area contributed by atoms with E-state index in [4.69, 9.17) is 14.5 Å². The maximum Gasteiger partial charge on any atom is 0.191 e. The van der Waals surface area contributed by atoms with Crippen molar-refractivity contribution < 1.29 is 9.47 Å². The molecule has 1 aromatic rings. The SMILES string of the molecule is CCNC(=NCc1ccc(C)cc1OC1CCOC1)NCCN(CC1CC1)C1CC1.I. The second-order valence-corrected chi connectivity index (χ2v) is 9.01. The Morgan fingerprint density at radius 1 is 1.19 bits per heavy atom. The van der Waals surface area contributed by atoms with Crippen LogP contribution in [0.15, 0.2) is 23.2 Å². The number of aliphatic imine (C=N–C) groups is 1. The molecular weight excluding hydrogens is 503 g/mol. The second kappa shape index (κ2) is 12.3. The fourth-order valence-electron chi connectivity index (χ4n) is 4.01. The number of nitrogens with one attached hydrogen (secondary N) is 2. The minimum atomic E-state index is 0. The lowest BCUT2D eigenvalue weighted by Crippen LogP contribution is -2.42. The van der Waals surface area contributed by atoms with Gasteiger partial charge in [0.1, 0.15) is 11.9 Å². The van der Waals surface area contributed by atoms with Crippen LogP contribution in [0.2, 0.25) is 0 Å². The molecule has 0 spiro atoms. The van der Waals surface area contributed by atoms with Crippen LogP contribution in [0.3, 0.4) is 0 Å². The fourth-order valence-corrected chi connectivity index (χ4v) is 4.01. The summed E-state index contributed by atoms with van der Waals surface area (Å²) in [5, 5.41) is 6.93. The molecule has 0 bridgehead atoms. The standard InChI is InChI=1S/C24H38N4O2.HI/c1-3-25-24(26-11-12-28(21-8-9-21)16-19-5-6-19)27-15-20-7-4-18(2)14-23(20)30-22-10-13-29-17-22;/h4,7,14,19,21-22H,3,5-6,8-13,15-17H2,1-2H3,(H2,25,26,27);1H. The van der Waals surface area contributed by atoms with E-state index in [0.29, 0.717) is 13.2 Å². The summed E-state index contributed by atoms with van der Waals surface area (Å²) < 4.78 is 11.7. The first-order chi connectivity index (χ1) is 14.7. The van der Waals surface area contributed by atoms with Gasteiger partial charge in [-0.25, -0.2) is 4.99 Å². The summed E-state index contributed by atoms with van der Waals surface area (Å²) in [5.74, 6) is 2.78. The summed E-state index contributed by atoms with van der Waals surface area (Å²) in [6.07, 6.45) is 6.72. The van der Waals surface area contributed by atoms with Crippen molar-refractivity contribution >= 4 is 29.9 Å². The van der Waals surface area contributed by atoms with E-state index in [1.54, 1.807) is 0 Å². The van der Waals surface area contributed by atoms with E-state index in [1.165, 1.54) is 37.8 Å². The van der Waals surface area contributed by atoms with Gasteiger partial charge in [-0.1, -0.05) is 12.1 Å². The average molecular weight is 543 g/mol. The van der Waals surface area contributed by atoms with E-state index in [1.807, 2.05) is 0 Å². The number of aryl methyl sites for hydroxylation is 1. The minimum absolute atomic E-state index is 0. The summed E-state index contributed by atoms with van der Waals surface area (Å²) in [7, 11) is 0. The van der Waals surface area contributed by atoms with Crippen LogP contribution in [0.25, 0.3) is 0 Å². The molecule has 1 atom stereocenters. The Hall–Kier alpha value is -1.06. The maximum atomic E-state index is 6.23. The van der Waals surface area contributed by atoms with Crippen molar-refractivity contribution in [3.05, 3.63) is 29.3 Å². The molecule has 1 heterocycles. The van der Waals surface area contributed by atoms with Crippen molar-refractivity contribution in [3.8, 4) is 5.75 Å².